The molecule has 1 aromatic heterocycles. The molecular weight excluding hydrogens is 202 g/mol. The van der Waals surface area contributed by atoms with E-state index in [1.54, 1.807) is 12.4 Å². The van der Waals surface area contributed by atoms with Gasteiger partial charge in [-0.3, -0.25) is 9.78 Å². The topological polar surface area (TPSA) is 54.0 Å². The molecule has 16 heavy (non-hydrogen) atoms. The zero-order valence-corrected chi connectivity index (χ0v) is 9.44. The van der Waals surface area contributed by atoms with E-state index in [1.165, 1.54) is 0 Å². The van der Waals surface area contributed by atoms with E-state index in [-0.39, 0.29) is 18.0 Å². The molecule has 0 aromatic carbocycles. The van der Waals surface area contributed by atoms with Crippen LogP contribution in [0.4, 0.5) is 0 Å². The summed E-state index contributed by atoms with van der Waals surface area (Å²) < 4.78 is 0. The number of hydrogen-bond donors (Lipinski definition) is 2. The zero-order valence-electron chi connectivity index (χ0n) is 9.44. The number of aromatic nitrogens is 1. The van der Waals surface area contributed by atoms with E-state index in [9.17, 15) is 4.79 Å². The third-order valence-electron chi connectivity index (χ3n) is 2.94. The van der Waals surface area contributed by atoms with Crippen molar-refractivity contribution in [3.63, 3.8) is 0 Å². The monoisotopic (exact) mass is 219 g/mol. The Labute approximate surface area is 95.5 Å². The van der Waals surface area contributed by atoms with Crippen molar-refractivity contribution in [3.05, 3.63) is 30.1 Å². The smallest absolute Gasteiger partial charge is 0.237 e. The molecule has 2 rings (SSSR count). The lowest BCUT2D eigenvalue weighted by Gasteiger charge is -2.17. The number of nitrogens with zero attached hydrogens (tertiary/aromatic N) is 1. The van der Waals surface area contributed by atoms with Crippen LogP contribution in [-0.4, -0.2) is 23.5 Å². The minimum atomic E-state index is -0.00992. The molecule has 1 saturated heterocycles. The molecule has 1 aromatic rings. The fourth-order valence-corrected chi connectivity index (χ4v) is 1.96. The van der Waals surface area contributed by atoms with Crippen LogP contribution in [0.5, 0.6) is 0 Å². The molecule has 2 N–H and O–H groups in total. The van der Waals surface area contributed by atoms with Crippen LogP contribution in [0.2, 0.25) is 0 Å². The predicted octanol–water partition coefficient (Wildman–Crippen LogP) is 1.01. The van der Waals surface area contributed by atoms with Gasteiger partial charge in [-0.15, -0.1) is 0 Å². The van der Waals surface area contributed by atoms with Gasteiger partial charge < -0.3 is 10.6 Å². The summed E-state index contributed by atoms with van der Waals surface area (Å²) in [5.41, 5.74) is 1.08. The molecule has 0 saturated carbocycles. The standard InChI is InChI=1S/C12H17N3O/c1-9(10-4-7-13-8-5-10)15-12(16)11-3-2-6-14-11/h4-5,7-9,11,14H,2-3,6H2,1H3,(H,15,16)/t9-,11+/m1/s1. The van der Waals surface area contributed by atoms with Crippen molar-refractivity contribution >= 4 is 5.91 Å². The summed E-state index contributed by atoms with van der Waals surface area (Å²) in [5, 5.41) is 6.20. The van der Waals surface area contributed by atoms with Gasteiger partial charge in [0.25, 0.3) is 0 Å². The molecule has 1 amide bonds. The van der Waals surface area contributed by atoms with Crippen molar-refractivity contribution in [2.24, 2.45) is 0 Å². The third kappa shape index (κ3) is 2.58. The van der Waals surface area contributed by atoms with Gasteiger partial charge in [0.1, 0.15) is 0 Å². The Balaban J connectivity index is 1.92. The molecule has 4 nitrogen and oxygen atoms in total. The summed E-state index contributed by atoms with van der Waals surface area (Å²) in [7, 11) is 0. The SMILES string of the molecule is C[C@@H](NC(=O)[C@@H]1CCCN1)c1ccncc1. The Bertz CT molecular complexity index is 347. The second-order valence-corrected chi connectivity index (χ2v) is 4.16. The van der Waals surface area contributed by atoms with E-state index < -0.39 is 0 Å². The van der Waals surface area contributed by atoms with Crippen LogP contribution >= 0.6 is 0 Å². The van der Waals surface area contributed by atoms with Gasteiger partial charge in [0.05, 0.1) is 12.1 Å². The normalized spacial score (nSPS) is 21.7. The van der Waals surface area contributed by atoms with E-state index in [1.807, 2.05) is 19.1 Å². The zero-order chi connectivity index (χ0) is 11.4. The molecule has 1 aliphatic rings. The van der Waals surface area contributed by atoms with Crippen LogP contribution in [0.15, 0.2) is 24.5 Å². The lowest BCUT2D eigenvalue weighted by molar-refractivity contribution is -0.123. The van der Waals surface area contributed by atoms with Crippen LogP contribution in [-0.2, 0) is 4.79 Å². The van der Waals surface area contributed by atoms with Gasteiger partial charge in [-0.25, -0.2) is 0 Å². The highest BCUT2D eigenvalue weighted by atomic mass is 16.2. The second kappa shape index (κ2) is 5.07. The average molecular weight is 219 g/mol. The van der Waals surface area contributed by atoms with E-state index in [0.717, 1.165) is 24.9 Å². The number of carbonyl (C=O) groups is 1. The Morgan fingerprint density at radius 1 is 1.56 bits per heavy atom. The Hall–Kier alpha value is -1.42. The third-order valence-corrected chi connectivity index (χ3v) is 2.94. The molecule has 2 atom stereocenters. The average Bonchev–Trinajstić information content (AvgIpc) is 2.83. The highest BCUT2D eigenvalue weighted by molar-refractivity contribution is 5.82. The molecule has 0 spiro atoms. The van der Waals surface area contributed by atoms with Gasteiger partial charge >= 0.3 is 0 Å². The van der Waals surface area contributed by atoms with Crippen molar-refractivity contribution in [1.82, 2.24) is 15.6 Å². The van der Waals surface area contributed by atoms with Gasteiger partial charge in [0.15, 0.2) is 0 Å². The van der Waals surface area contributed by atoms with E-state index >= 15 is 0 Å². The molecule has 4 heteroatoms. The summed E-state index contributed by atoms with van der Waals surface area (Å²) in [5.74, 6) is 0.0989. The largest absolute Gasteiger partial charge is 0.348 e. The van der Waals surface area contributed by atoms with Crippen molar-refractivity contribution in [2.75, 3.05) is 6.54 Å². The van der Waals surface area contributed by atoms with Crippen molar-refractivity contribution < 1.29 is 4.79 Å². The molecule has 0 radical (unpaired) electrons. The fraction of sp³-hybridized carbons (Fsp3) is 0.500. The van der Waals surface area contributed by atoms with Gasteiger partial charge in [-0.1, -0.05) is 0 Å². The van der Waals surface area contributed by atoms with E-state index in [4.69, 9.17) is 0 Å². The van der Waals surface area contributed by atoms with E-state index in [0.29, 0.717) is 0 Å². The maximum absolute atomic E-state index is 11.8. The van der Waals surface area contributed by atoms with Crippen LogP contribution in [0.3, 0.4) is 0 Å². The van der Waals surface area contributed by atoms with E-state index in [2.05, 4.69) is 15.6 Å². The van der Waals surface area contributed by atoms with Crippen LogP contribution in [0, 0.1) is 0 Å². The molecule has 1 fully saturated rings. The molecule has 2 heterocycles. The van der Waals surface area contributed by atoms with Crippen LogP contribution in [0.25, 0.3) is 0 Å². The summed E-state index contributed by atoms with van der Waals surface area (Å²) in [6.45, 7) is 2.93. The molecular formula is C12H17N3O. The first-order valence-corrected chi connectivity index (χ1v) is 5.71. The quantitative estimate of drug-likeness (QED) is 0.797. The van der Waals surface area contributed by atoms with Gasteiger partial charge in [0, 0.05) is 12.4 Å². The summed E-state index contributed by atoms with van der Waals surface area (Å²) in [4.78, 5) is 15.8. The Morgan fingerprint density at radius 3 is 2.94 bits per heavy atom. The highest BCUT2D eigenvalue weighted by Crippen LogP contribution is 2.12. The van der Waals surface area contributed by atoms with Crippen molar-refractivity contribution in [3.8, 4) is 0 Å². The Kier molecular flexibility index (Phi) is 3.51. The highest BCUT2D eigenvalue weighted by Gasteiger charge is 2.23. The maximum atomic E-state index is 11.8. The summed E-state index contributed by atoms with van der Waals surface area (Å²) >= 11 is 0. The first kappa shape index (κ1) is 11.1. The number of hydrogen-bond acceptors (Lipinski definition) is 3. The molecule has 0 bridgehead atoms. The summed E-state index contributed by atoms with van der Waals surface area (Å²) in [6.07, 6.45) is 5.51. The molecule has 86 valence electrons. The van der Waals surface area contributed by atoms with Crippen LogP contribution in [0.1, 0.15) is 31.4 Å². The molecule has 1 aliphatic heterocycles. The lowest BCUT2D eigenvalue weighted by Crippen LogP contribution is -2.41. The minimum Gasteiger partial charge on any atom is -0.348 e. The van der Waals surface area contributed by atoms with Crippen LogP contribution < -0.4 is 10.6 Å². The number of nitrogens with one attached hydrogen (secondary N) is 2. The predicted molar refractivity (Wildman–Crippen MR) is 61.8 cm³/mol. The summed E-state index contributed by atoms with van der Waals surface area (Å²) in [6, 6.07) is 3.88. The first-order chi connectivity index (χ1) is 7.77. The molecule has 0 aliphatic carbocycles. The first-order valence-electron chi connectivity index (χ1n) is 5.71. The number of amides is 1. The number of rotatable bonds is 3. The van der Waals surface area contributed by atoms with Gasteiger partial charge in [0.2, 0.25) is 5.91 Å². The number of carbonyl (C=O) groups excluding carboxylic acids is 1. The number of pyridine rings is 1. The van der Waals surface area contributed by atoms with Gasteiger partial charge in [-0.05, 0) is 44.0 Å². The van der Waals surface area contributed by atoms with Crippen molar-refractivity contribution in [2.45, 2.75) is 31.8 Å². The maximum Gasteiger partial charge on any atom is 0.237 e. The molecule has 0 unspecified atom stereocenters. The van der Waals surface area contributed by atoms with Gasteiger partial charge in [-0.2, -0.15) is 0 Å². The minimum absolute atomic E-state index is 0.00992. The van der Waals surface area contributed by atoms with Crippen molar-refractivity contribution in [1.29, 1.82) is 0 Å². The second-order valence-electron chi connectivity index (χ2n) is 4.16. The Morgan fingerprint density at radius 2 is 2.31 bits per heavy atom. The lowest BCUT2D eigenvalue weighted by atomic mass is 10.1. The fourth-order valence-electron chi connectivity index (χ4n) is 1.96.